The van der Waals surface area contributed by atoms with Gasteiger partial charge in [0.1, 0.15) is 16.9 Å². The van der Waals surface area contributed by atoms with Crippen molar-refractivity contribution in [2.75, 3.05) is 7.11 Å². The molecule has 4 fully saturated rings. The van der Waals surface area contributed by atoms with Gasteiger partial charge in [0.15, 0.2) is 5.65 Å². The Balaban J connectivity index is 1.19. The highest BCUT2D eigenvalue weighted by molar-refractivity contribution is 8.00. The normalized spacial score (nSPS) is 42.4. The van der Waals surface area contributed by atoms with Crippen LogP contribution in [0.3, 0.4) is 0 Å². The number of hydrogen-bond acceptors (Lipinski definition) is 8. The largest absolute Gasteiger partial charge is 0.469 e. The lowest BCUT2D eigenvalue weighted by Gasteiger charge is -2.63. The average molecular weight is 557 g/mol. The van der Waals surface area contributed by atoms with E-state index in [1.165, 1.54) is 7.11 Å². The van der Waals surface area contributed by atoms with E-state index in [2.05, 4.69) is 40.7 Å². The van der Waals surface area contributed by atoms with Crippen molar-refractivity contribution >= 4 is 28.9 Å². The molecule has 6 rings (SSSR count). The highest BCUT2D eigenvalue weighted by Gasteiger charge is 2.65. The van der Waals surface area contributed by atoms with Gasteiger partial charge in [0.05, 0.1) is 25.6 Å². The molecule has 4 saturated carbocycles. The van der Waals surface area contributed by atoms with Crippen LogP contribution in [0.25, 0.3) is 11.2 Å². The number of H-pyrrole nitrogens is 1. The second-order valence-corrected chi connectivity index (χ2v) is 14.8. The smallest absolute Gasteiger partial charge is 0.305 e. The monoisotopic (exact) mass is 556 g/mol. The molecule has 2 heterocycles. The van der Waals surface area contributed by atoms with E-state index < -0.39 is 0 Å². The summed E-state index contributed by atoms with van der Waals surface area (Å²) < 4.78 is 4.88. The summed E-state index contributed by atoms with van der Waals surface area (Å²) in [5.41, 5.74) is 1.53. The number of aromatic nitrogens is 4. The molecular weight excluding hydrogens is 512 g/mol. The van der Waals surface area contributed by atoms with Gasteiger partial charge in [-0.2, -0.15) is 0 Å². The summed E-state index contributed by atoms with van der Waals surface area (Å²) in [6, 6.07) is 0. The number of nitrogens with one attached hydrogen (secondary N) is 1. The Kier molecular flexibility index (Phi) is 7.24. The van der Waals surface area contributed by atoms with Gasteiger partial charge in [-0.3, -0.25) is 4.79 Å². The molecule has 0 aliphatic heterocycles. The molecule has 0 amide bonds. The summed E-state index contributed by atoms with van der Waals surface area (Å²) >= 11 is 1.82. The second kappa shape index (κ2) is 10.3. The van der Waals surface area contributed by atoms with Crippen LogP contribution in [0.4, 0.5) is 0 Å². The summed E-state index contributed by atoms with van der Waals surface area (Å²) in [5.74, 6) is 1.89. The number of fused-ring (bicyclic) bond motifs is 6. The van der Waals surface area contributed by atoms with E-state index in [0.29, 0.717) is 46.9 Å². The third-order valence-electron chi connectivity index (χ3n) is 12.0. The Morgan fingerprint density at radius 1 is 1.15 bits per heavy atom. The molecule has 0 spiro atoms. The summed E-state index contributed by atoms with van der Waals surface area (Å²) in [7, 11) is 1.45. The van der Waals surface area contributed by atoms with Crippen LogP contribution in [0.1, 0.15) is 78.6 Å². The molecule has 11 atom stereocenters. The molecule has 39 heavy (non-hydrogen) atoms. The van der Waals surface area contributed by atoms with E-state index in [0.717, 1.165) is 61.9 Å². The van der Waals surface area contributed by atoms with Crippen molar-refractivity contribution in [1.29, 1.82) is 0 Å². The van der Waals surface area contributed by atoms with Crippen molar-refractivity contribution in [2.24, 2.45) is 46.3 Å². The minimum atomic E-state index is -0.374. The molecule has 5 unspecified atom stereocenters. The lowest BCUT2D eigenvalue weighted by Crippen LogP contribution is -2.62. The maximum atomic E-state index is 11.8. The predicted octanol–water partition coefficient (Wildman–Crippen LogP) is 5.00. The first-order valence-corrected chi connectivity index (χ1v) is 15.8. The van der Waals surface area contributed by atoms with Gasteiger partial charge in [-0.25, -0.2) is 15.0 Å². The Labute approximate surface area is 235 Å². The number of methoxy groups -OCH3 is 1. The van der Waals surface area contributed by atoms with Crippen LogP contribution in [0.2, 0.25) is 0 Å². The molecule has 8 nitrogen and oxygen atoms in total. The van der Waals surface area contributed by atoms with Crippen LogP contribution in [0.5, 0.6) is 0 Å². The molecule has 0 aromatic carbocycles. The minimum absolute atomic E-state index is 0.132. The molecule has 2 aromatic heterocycles. The molecule has 0 saturated heterocycles. The summed E-state index contributed by atoms with van der Waals surface area (Å²) in [5, 5.41) is 25.0. The first-order valence-electron chi connectivity index (χ1n) is 14.9. The standard InChI is InChI=1S/C30H44N4O4S/c1-16(5-8-24(37)38-4)19-6-7-20-25-21(13-23(36)30(19,20)3)29(2)10-9-18(11-17(29)12-22(25)35)39-28-26-27(32-14-31-26)33-15-34-28/h14-23,25,35-36H,5-13H2,1-4H3,(H,31,32,33,34)/t16-,17?,18?,19-,20?,21?,22-,23+,25?,29+,30-/m1/s1. The van der Waals surface area contributed by atoms with E-state index in [4.69, 9.17) is 4.74 Å². The van der Waals surface area contributed by atoms with E-state index in [-0.39, 0.29) is 34.9 Å². The van der Waals surface area contributed by atoms with Crippen molar-refractivity contribution in [1.82, 2.24) is 19.9 Å². The van der Waals surface area contributed by atoms with Crippen molar-refractivity contribution < 1.29 is 19.7 Å². The van der Waals surface area contributed by atoms with Crippen LogP contribution in [-0.2, 0) is 9.53 Å². The van der Waals surface area contributed by atoms with Crippen molar-refractivity contribution in [3.8, 4) is 0 Å². The highest BCUT2D eigenvalue weighted by Crippen LogP contribution is 2.68. The zero-order valence-electron chi connectivity index (χ0n) is 23.7. The fourth-order valence-electron chi connectivity index (χ4n) is 9.86. The summed E-state index contributed by atoms with van der Waals surface area (Å²) in [6.45, 7) is 6.99. The van der Waals surface area contributed by atoms with Gasteiger partial charge in [0.25, 0.3) is 0 Å². The predicted molar refractivity (Wildman–Crippen MR) is 150 cm³/mol. The van der Waals surface area contributed by atoms with Gasteiger partial charge in [-0.1, -0.05) is 20.8 Å². The van der Waals surface area contributed by atoms with Crippen molar-refractivity contribution in [3.63, 3.8) is 0 Å². The number of ether oxygens (including phenoxy) is 1. The van der Waals surface area contributed by atoms with Crippen molar-refractivity contribution in [2.45, 2.75) is 101 Å². The van der Waals surface area contributed by atoms with Crippen LogP contribution in [0.15, 0.2) is 17.7 Å². The van der Waals surface area contributed by atoms with Crippen molar-refractivity contribution in [3.05, 3.63) is 12.7 Å². The van der Waals surface area contributed by atoms with Crippen LogP contribution < -0.4 is 0 Å². The number of hydrogen-bond donors (Lipinski definition) is 3. The topological polar surface area (TPSA) is 121 Å². The van der Waals surface area contributed by atoms with Gasteiger partial charge in [-0.15, -0.1) is 11.8 Å². The zero-order chi connectivity index (χ0) is 27.5. The van der Waals surface area contributed by atoms with E-state index in [1.807, 2.05) is 11.8 Å². The summed E-state index contributed by atoms with van der Waals surface area (Å²) in [6.07, 6.45) is 10.8. The molecule has 2 aromatic rings. The van der Waals surface area contributed by atoms with Gasteiger partial charge in [0, 0.05) is 11.7 Å². The van der Waals surface area contributed by atoms with Gasteiger partial charge in [-0.05, 0) is 97.7 Å². The van der Waals surface area contributed by atoms with Crippen LogP contribution in [0, 0.1) is 46.3 Å². The quantitative estimate of drug-likeness (QED) is 0.336. The minimum Gasteiger partial charge on any atom is -0.469 e. The Morgan fingerprint density at radius 2 is 1.97 bits per heavy atom. The molecule has 0 bridgehead atoms. The highest BCUT2D eigenvalue weighted by atomic mass is 32.2. The molecule has 4 aliphatic carbocycles. The van der Waals surface area contributed by atoms with Crippen LogP contribution in [-0.4, -0.2) is 60.7 Å². The number of nitrogens with zero attached hydrogens (tertiary/aromatic N) is 3. The number of esters is 1. The number of aliphatic hydroxyl groups excluding tert-OH is 2. The zero-order valence-corrected chi connectivity index (χ0v) is 24.5. The molecular formula is C30H44N4O4S. The van der Waals surface area contributed by atoms with E-state index >= 15 is 0 Å². The number of aliphatic hydroxyl groups is 2. The maximum Gasteiger partial charge on any atom is 0.305 e. The Hall–Kier alpha value is -1.71. The number of thioether (sulfide) groups is 1. The number of imidazole rings is 1. The molecule has 3 N–H and O–H groups in total. The van der Waals surface area contributed by atoms with Gasteiger partial charge in [0.2, 0.25) is 0 Å². The molecule has 9 heteroatoms. The third-order valence-corrected chi connectivity index (χ3v) is 13.3. The SMILES string of the molecule is COC(=O)CC[C@@H](C)[C@H]1CCC2C3C(C[C@H](O)[C@@]21C)[C@@]1(C)CCC(Sc2ncnc4nc[nH]c24)CC1C[C@H]3O. The van der Waals surface area contributed by atoms with E-state index in [1.54, 1.807) is 12.7 Å². The number of rotatable bonds is 6. The fourth-order valence-corrected chi connectivity index (χ4v) is 11.1. The third kappa shape index (κ3) is 4.42. The lowest BCUT2D eigenvalue weighted by molar-refractivity contribution is -0.200. The first kappa shape index (κ1) is 27.5. The van der Waals surface area contributed by atoms with E-state index in [9.17, 15) is 15.0 Å². The van der Waals surface area contributed by atoms with Crippen LogP contribution >= 0.6 is 11.8 Å². The Bertz CT molecular complexity index is 1210. The second-order valence-electron chi connectivity index (χ2n) is 13.5. The number of carbonyl (C=O) groups is 1. The average Bonchev–Trinajstić information content (AvgIpc) is 3.54. The number of carbonyl (C=O) groups excluding carboxylic acids is 1. The first-order chi connectivity index (χ1) is 18.7. The molecule has 4 aliphatic rings. The molecule has 0 radical (unpaired) electrons. The molecule has 214 valence electrons. The fraction of sp³-hybridized carbons (Fsp3) is 0.800. The maximum absolute atomic E-state index is 11.8. The Morgan fingerprint density at radius 3 is 2.77 bits per heavy atom. The lowest BCUT2D eigenvalue weighted by atomic mass is 9.43. The number of aromatic amines is 1. The van der Waals surface area contributed by atoms with Gasteiger partial charge >= 0.3 is 5.97 Å². The van der Waals surface area contributed by atoms with Gasteiger partial charge < -0.3 is 19.9 Å². The summed E-state index contributed by atoms with van der Waals surface area (Å²) in [4.78, 5) is 28.1.